The molecule has 3 nitrogen and oxygen atoms in total. The number of halogens is 1. The van der Waals surface area contributed by atoms with Crippen LogP contribution in [-0.2, 0) is 10.2 Å². The van der Waals surface area contributed by atoms with Gasteiger partial charge in [-0.05, 0) is 38.0 Å². The van der Waals surface area contributed by atoms with E-state index in [1.165, 1.54) is 0 Å². The summed E-state index contributed by atoms with van der Waals surface area (Å²) in [6.45, 7) is 4.18. The number of hydrogen-bond acceptors (Lipinski definition) is 3. The standard InChI is InChI=1S/C14H21ClO3/c1-11(2)18-8-7-14(9-16,10-17)12-3-5-13(15)6-4-12/h3-6,11,16-17H,7-10H2,1-2H3. The topological polar surface area (TPSA) is 49.7 Å². The highest BCUT2D eigenvalue weighted by molar-refractivity contribution is 6.30. The fraction of sp³-hybridized carbons (Fsp3) is 0.571. The number of aliphatic hydroxyl groups excluding tert-OH is 2. The molecule has 2 N–H and O–H groups in total. The van der Waals surface area contributed by atoms with Gasteiger partial charge in [0, 0.05) is 17.0 Å². The van der Waals surface area contributed by atoms with Gasteiger partial charge in [-0.15, -0.1) is 0 Å². The Morgan fingerprint density at radius 3 is 2.17 bits per heavy atom. The van der Waals surface area contributed by atoms with E-state index in [9.17, 15) is 10.2 Å². The van der Waals surface area contributed by atoms with Crippen molar-refractivity contribution in [3.8, 4) is 0 Å². The third-order valence-electron chi connectivity index (χ3n) is 3.09. The Hall–Kier alpha value is -0.610. The lowest BCUT2D eigenvalue weighted by Crippen LogP contribution is -2.36. The number of ether oxygens (including phenoxy) is 1. The van der Waals surface area contributed by atoms with Gasteiger partial charge >= 0.3 is 0 Å². The van der Waals surface area contributed by atoms with E-state index in [0.29, 0.717) is 18.1 Å². The van der Waals surface area contributed by atoms with Crippen molar-refractivity contribution in [2.45, 2.75) is 31.8 Å². The van der Waals surface area contributed by atoms with Gasteiger partial charge in [-0.2, -0.15) is 0 Å². The van der Waals surface area contributed by atoms with Crippen molar-refractivity contribution in [1.82, 2.24) is 0 Å². The molecule has 0 fully saturated rings. The third-order valence-corrected chi connectivity index (χ3v) is 3.35. The first-order valence-electron chi connectivity index (χ1n) is 6.13. The van der Waals surface area contributed by atoms with E-state index in [4.69, 9.17) is 16.3 Å². The maximum atomic E-state index is 9.62. The summed E-state index contributed by atoms with van der Waals surface area (Å²) in [6, 6.07) is 7.20. The van der Waals surface area contributed by atoms with Crippen molar-refractivity contribution in [2.75, 3.05) is 19.8 Å². The molecule has 0 aliphatic rings. The van der Waals surface area contributed by atoms with Crippen molar-refractivity contribution in [1.29, 1.82) is 0 Å². The zero-order valence-electron chi connectivity index (χ0n) is 10.9. The highest BCUT2D eigenvalue weighted by Crippen LogP contribution is 2.28. The Morgan fingerprint density at radius 1 is 1.17 bits per heavy atom. The lowest BCUT2D eigenvalue weighted by molar-refractivity contribution is 0.0363. The lowest BCUT2D eigenvalue weighted by atomic mass is 9.79. The molecule has 0 aliphatic heterocycles. The van der Waals surface area contributed by atoms with Crippen LogP contribution in [0.15, 0.2) is 24.3 Å². The maximum Gasteiger partial charge on any atom is 0.0550 e. The van der Waals surface area contributed by atoms with Gasteiger partial charge in [0.05, 0.1) is 19.3 Å². The first-order valence-corrected chi connectivity index (χ1v) is 6.51. The Labute approximate surface area is 113 Å². The minimum Gasteiger partial charge on any atom is -0.395 e. The van der Waals surface area contributed by atoms with Crippen LogP contribution in [0.5, 0.6) is 0 Å². The molecule has 18 heavy (non-hydrogen) atoms. The smallest absolute Gasteiger partial charge is 0.0550 e. The minimum atomic E-state index is -0.667. The maximum absolute atomic E-state index is 9.62. The van der Waals surface area contributed by atoms with E-state index < -0.39 is 5.41 Å². The van der Waals surface area contributed by atoms with Crippen LogP contribution in [0.25, 0.3) is 0 Å². The number of rotatable bonds is 7. The number of hydrogen-bond donors (Lipinski definition) is 2. The molecule has 1 rings (SSSR count). The van der Waals surface area contributed by atoms with Crippen molar-refractivity contribution < 1.29 is 14.9 Å². The molecule has 0 unspecified atom stereocenters. The molecular weight excluding hydrogens is 252 g/mol. The lowest BCUT2D eigenvalue weighted by Gasteiger charge is -2.30. The van der Waals surface area contributed by atoms with E-state index in [1.807, 2.05) is 26.0 Å². The predicted octanol–water partition coefficient (Wildman–Crippen LogP) is 2.38. The molecule has 0 radical (unpaired) electrons. The second kappa shape index (κ2) is 7.10. The van der Waals surface area contributed by atoms with Crippen LogP contribution in [0.3, 0.4) is 0 Å². The van der Waals surface area contributed by atoms with Gasteiger partial charge in [-0.1, -0.05) is 23.7 Å². The summed E-state index contributed by atoms with van der Waals surface area (Å²) in [4.78, 5) is 0. The highest BCUT2D eigenvalue weighted by Gasteiger charge is 2.30. The summed E-state index contributed by atoms with van der Waals surface area (Å²) in [7, 11) is 0. The summed E-state index contributed by atoms with van der Waals surface area (Å²) in [5, 5.41) is 19.9. The molecule has 0 amide bonds. The Kier molecular flexibility index (Phi) is 6.09. The summed E-state index contributed by atoms with van der Waals surface area (Å²) in [5.41, 5.74) is 0.212. The van der Waals surface area contributed by atoms with Crippen LogP contribution < -0.4 is 0 Å². The molecule has 0 aromatic heterocycles. The Balaban J connectivity index is 2.81. The second-order valence-electron chi connectivity index (χ2n) is 4.77. The zero-order chi connectivity index (χ0) is 13.6. The van der Waals surface area contributed by atoms with Crippen LogP contribution in [0, 0.1) is 0 Å². The zero-order valence-corrected chi connectivity index (χ0v) is 11.7. The number of aliphatic hydroxyl groups is 2. The molecule has 4 heteroatoms. The Bertz CT molecular complexity index is 345. The molecule has 1 aromatic rings. The average Bonchev–Trinajstić information content (AvgIpc) is 2.36. The largest absolute Gasteiger partial charge is 0.395 e. The van der Waals surface area contributed by atoms with E-state index in [-0.39, 0.29) is 19.3 Å². The van der Waals surface area contributed by atoms with E-state index in [2.05, 4.69) is 0 Å². The van der Waals surface area contributed by atoms with E-state index in [0.717, 1.165) is 5.56 Å². The molecule has 1 aromatic carbocycles. The summed E-state index contributed by atoms with van der Waals surface area (Å²) in [6.07, 6.45) is 0.713. The van der Waals surface area contributed by atoms with Gasteiger partial charge in [0.15, 0.2) is 0 Å². The molecule has 0 heterocycles. The molecule has 102 valence electrons. The number of benzene rings is 1. The van der Waals surface area contributed by atoms with Crippen LogP contribution >= 0.6 is 11.6 Å². The molecule has 0 saturated carbocycles. The summed E-state index contributed by atoms with van der Waals surface area (Å²) < 4.78 is 5.50. The van der Waals surface area contributed by atoms with Crippen LogP contribution in [-0.4, -0.2) is 36.1 Å². The second-order valence-corrected chi connectivity index (χ2v) is 5.21. The van der Waals surface area contributed by atoms with Crippen LogP contribution in [0.1, 0.15) is 25.8 Å². The molecular formula is C14H21ClO3. The van der Waals surface area contributed by atoms with Gasteiger partial charge in [0.2, 0.25) is 0 Å². The normalized spacial score (nSPS) is 12.1. The molecule has 0 spiro atoms. The van der Waals surface area contributed by atoms with Crippen molar-refractivity contribution in [3.63, 3.8) is 0 Å². The van der Waals surface area contributed by atoms with Crippen LogP contribution in [0.2, 0.25) is 5.02 Å². The third kappa shape index (κ3) is 3.95. The van der Waals surface area contributed by atoms with Gasteiger partial charge < -0.3 is 14.9 Å². The quantitative estimate of drug-likeness (QED) is 0.801. The van der Waals surface area contributed by atoms with Crippen molar-refractivity contribution in [3.05, 3.63) is 34.9 Å². The van der Waals surface area contributed by atoms with E-state index in [1.54, 1.807) is 12.1 Å². The molecule has 0 atom stereocenters. The fourth-order valence-corrected chi connectivity index (χ4v) is 1.95. The Morgan fingerprint density at radius 2 is 1.72 bits per heavy atom. The molecule has 0 bridgehead atoms. The minimum absolute atomic E-state index is 0.118. The molecule has 0 saturated heterocycles. The average molecular weight is 273 g/mol. The predicted molar refractivity (Wildman–Crippen MR) is 73.0 cm³/mol. The first-order chi connectivity index (χ1) is 8.54. The van der Waals surface area contributed by atoms with E-state index >= 15 is 0 Å². The van der Waals surface area contributed by atoms with Crippen LogP contribution in [0.4, 0.5) is 0 Å². The molecule has 0 aliphatic carbocycles. The fourth-order valence-electron chi connectivity index (χ4n) is 1.83. The first kappa shape index (κ1) is 15.4. The van der Waals surface area contributed by atoms with Crippen molar-refractivity contribution in [2.24, 2.45) is 0 Å². The monoisotopic (exact) mass is 272 g/mol. The highest BCUT2D eigenvalue weighted by atomic mass is 35.5. The van der Waals surface area contributed by atoms with Gasteiger partial charge in [-0.3, -0.25) is 0 Å². The van der Waals surface area contributed by atoms with Gasteiger partial charge in [0.1, 0.15) is 0 Å². The van der Waals surface area contributed by atoms with Gasteiger partial charge in [0.25, 0.3) is 0 Å². The summed E-state index contributed by atoms with van der Waals surface area (Å²) in [5.74, 6) is 0. The SMILES string of the molecule is CC(C)OCCC(CO)(CO)c1ccc(Cl)cc1. The van der Waals surface area contributed by atoms with Crippen molar-refractivity contribution >= 4 is 11.6 Å². The van der Waals surface area contributed by atoms with Gasteiger partial charge in [-0.25, -0.2) is 0 Å². The summed E-state index contributed by atoms with van der Waals surface area (Å²) >= 11 is 5.84.